The van der Waals surface area contributed by atoms with Gasteiger partial charge in [0.2, 0.25) is 0 Å². The molecule has 3 rings (SSSR count). The number of nitrogens with zero attached hydrogens (tertiary/aromatic N) is 1. The molecule has 1 fully saturated rings. The van der Waals surface area contributed by atoms with Gasteiger partial charge in [0.25, 0.3) is 0 Å². The van der Waals surface area contributed by atoms with Crippen LogP contribution in [0.5, 0.6) is 0 Å². The first-order chi connectivity index (χ1) is 8.33. The number of guanidine groups is 1. The summed E-state index contributed by atoms with van der Waals surface area (Å²) in [6, 6.07) is 7.25. The molecule has 0 spiro atoms. The van der Waals surface area contributed by atoms with Crippen LogP contribution in [-0.4, -0.2) is 25.1 Å². The van der Waals surface area contributed by atoms with Gasteiger partial charge in [-0.15, -0.1) is 0 Å². The van der Waals surface area contributed by atoms with E-state index in [-0.39, 0.29) is 5.82 Å². The molecule has 1 heterocycles. The van der Waals surface area contributed by atoms with Gasteiger partial charge >= 0.3 is 0 Å². The average molecular weight is 233 g/mol. The third kappa shape index (κ3) is 2.40. The fourth-order valence-corrected chi connectivity index (χ4v) is 2.24. The van der Waals surface area contributed by atoms with Gasteiger partial charge < -0.3 is 10.6 Å². The Morgan fingerprint density at radius 1 is 1.29 bits per heavy atom. The second-order valence-corrected chi connectivity index (χ2v) is 4.66. The Labute approximate surface area is 100 Å². The zero-order valence-electron chi connectivity index (χ0n) is 9.62. The molecule has 3 nitrogen and oxygen atoms in total. The lowest BCUT2D eigenvalue weighted by Gasteiger charge is -2.16. The summed E-state index contributed by atoms with van der Waals surface area (Å²) in [7, 11) is 0. The van der Waals surface area contributed by atoms with Crippen LogP contribution in [0, 0.1) is 5.82 Å². The lowest BCUT2D eigenvalue weighted by atomic mass is 10.1. The minimum Gasteiger partial charge on any atom is -0.356 e. The summed E-state index contributed by atoms with van der Waals surface area (Å²) < 4.78 is 12.8. The lowest BCUT2D eigenvalue weighted by Crippen LogP contribution is -2.42. The third-order valence-corrected chi connectivity index (χ3v) is 3.31. The molecule has 2 N–H and O–H groups in total. The Kier molecular flexibility index (Phi) is 2.71. The summed E-state index contributed by atoms with van der Waals surface area (Å²) in [6.45, 7) is 1.91. The minimum atomic E-state index is -0.169. The molecule has 2 aliphatic rings. The molecule has 2 atom stereocenters. The summed E-state index contributed by atoms with van der Waals surface area (Å²) in [4.78, 5) is 4.39. The highest BCUT2D eigenvalue weighted by atomic mass is 19.1. The fraction of sp³-hybridized carbons (Fsp3) is 0.462. The van der Waals surface area contributed by atoms with Crippen LogP contribution < -0.4 is 10.6 Å². The van der Waals surface area contributed by atoms with Crippen LogP contribution in [0.15, 0.2) is 29.3 Å². The molecule has 1 aliphatic carbocycles. The number of benzene rings is 1. The largest absolute Gasteiger partial charge is 0.356 e. The van der Waals surface area contributed by atoms with Crippen LogP contribution in [-0.2, 0) is 0 Å². The summed E-state index contributed by atoms with van der Waals surface area (Å²) >= 11 is 0. The zero-order chi connectivity index (χ0) is 11.7. The predicted molar refractivity (Wildman–Crippen MR) is 65.6 cm³/mol. The standard InChI is InChI=1S/C13H16FN3/c14-10-4-2-9(3-5-10)11-8-12(11)17-13-15-6-1-7-16-13/h2-5,11-12H,1,6-8H2,(H2,15,16,17)/t11-,12+/m0/s1. The van der Waals surface area contributed by atoms with Crippen LogP contribution in [0.1, 0.15) is 24.3 Å². The number of aliphatic imine (C=N–C) groups is 1. The van der Waals surface area contributed by atoms with E-state index in [1.165, 1.54) is 17.7 Å². The minimum absolute atomic E-state index is 0.169. The molecule has 0 amide bonds. The summed E-state index contributed by atoms with van der Waals surface area (Å²) in [5, 5.41) is 6.65. The molecule has 0 radical (unpaired) electrons. The number of hydrogen-bond donors (Lipinski definition) is 2. The molecular weight excluding hydrogens is 217 g/mol. The van der Waals surface area contributed by atoms with Crippen molar-refractivity contribution in [2.75, 3.05) is 13.1 Å². The Morgan fingerprint density at radius 3 is 2.82 bits per heavy atom. The van der Waals surface area contributed by atoms with Gasteiger partial charge in [-0.3, -0.25) is 4.99 Å². The molecule has 90 valence electrons. The first kappa shape index (κ1) is 10.6. The zero-order valence-corrected chi connectivity index (χ0v) is 9.62. The van der Waals surface area contributed by atoms with E-state index >= 15 is 0 Å². The highest BCUT2D eigenvalue weighted by molar-refractivity contribution is 5.81. The summed E-state index contributed by atoms with van der Waals surface area (Å²) in [6.07, 6.45) is 2.21. The van der Waals surface area contributed by atoms with E-state index in [1.54, 1.807) is 0 Å². The molecule has 0 unspecified atom stereocenters. The van der Waals surface area contributed by atoms with Crippen molar-refractivity contribution in [3.05, 3.63) is 35.6 Å². The summed E-state index contributed by atoms with van der Waals surface area (Å²) in [5.41, 5.74) is 1.21. The Hall–Kier alpha value is -1.58. The molecule has 0 aromatic heterocycles. The van der Waals surface area contributed by atoms with Crippen LogP contribution in [0.3, 0.4) is 0 Å². The number of rotatable bonds is 2. The third-order valence-electron chi connectivity index (χ3n) is 3.31. The molecule has 17 heavy (non-hydrogen) atoms. The van der Waals surface area contributed by atoms with Gasteiger partial charge in [-0.1, -0.05) is 12.1 Å². The van der Waals surface area contributed by atoms with E-state index < -0.39 is 0 Å². The van der Waals surface area contributed by atoms with Gasteiger partial charge in [-0.05, 0) is 30.5 Å². The van der Waals surface area contributed by atoms with Gasteiger partial charge in [0.15, 0.2) is 5.96 Å². The van der Waals surface area contributed by atoms with Gasteiger partial charge in [0, 0.05) is 25.0 Å². The normalized spacial score (nSPS) is 27.0. The van der Waals surface area contributed by atoms with E-state index in [1.807, 2.05) is 12.1 Å². The second-order valence-electron chi connectivity index (χ2n) is 4.66. The first-order valence-electron chi connectivity index (χ1n) is 6.13. The van der Waals surface area contributed by atoms with Crippen LogP contribution in [0.25, 0.3) is 0 Å². The highest BCUT2D eigenvalue weighted by Gasteiger charge is 2.39. The van der Waals surface area contributed by atoms with Crippen molar-refractivity contribution in [1.82, 2.24) is 10.6 Å². The van der Waals surface area contributed by atoms with Gasteiger partial charge in [0.05, 0.1) is 0 Å². The average Bonchev–Trinajstić information content (AvgIpc) is 3.11. The van der Waals surface area contributed by atoms with Crippen molar-refractivity contribution in [2.45, 2.75) is 24.8 Å². The van der Waals surface area contributed by atoms with Crippen LogP contribution >= 0.6 is 0 Å². The SMILES string of the molecule is Fc1ccc([C@@H]2C[C@H]2NC2=NCCCN2)cc1. The fourth-order valence-electron chi connectivity index (χ4n) is 2.24. The number of hydrogen-bond acceptors (Lipinski definition) is 3. The number of halogens is 1. The molecular formula is C13H16FN3. The topological polar surface area (TPSA) is 36.4 Å². The van der Waals surface area contributed by atoms with E-state index in [2.05, 4.69) is 15.6 Å². The van der Waals surface area contributed by atoms with Crippen molar-refractivity contribution < 1.29 is 4.39 Å². The predicted octanol–water partition coefficient (Wildman–Crippen LogP) is 1.62. The smallest absolute Gasteiger partial charge is 0.191 e. The van der Waals surface area contributed by atoms with E-state index in [9.17, 15) is 4.39 Å². The molecule has 0 saturated heterocycles. The molecule has 1 aromatic rings. The van der Waals surface area contributed by atoms with Crippen LogP contribution in [0.2, 0.25) is 0 Å². The second kappa shape index (κ2) is 4.35. The Morgan fingerprint density at radius 2 is 2.12 bits per heavy atom. The van der Waals surface area contributed by atoms with Crippen molar-refractivity contribution in [2.24, 2.45) is 4.99 Å². The maximum absolute atomic E-state index is 12.8. The van der Waals surface area contributed by atoms with Gasteiger partial charge in [-0.2, -0.15) is 0 Å². The van der Waals surface area contributed by atoms with Crippen molar-refractivity contribution in [3.63, 3.8) is 0 Å². The highest BCUT2D eigenvalue weighted by Crippen LogP contribution is 2.40. The molecule has 1 saturated carbocycles. The van der Waals surface area contributed by atoms with E-state index in [0.29, 0.717) is 12.0 Å². The quantitative estimate of drug-likeness (QED) is 0.814. The number of nitrogens with one attached hydrogen (secondary N) is 2. The van der Waals surface area contributed by atoms with Crippen molar-refractivity contribution in [3.8, 4) is 0 Å². The molecule has 4 heteroatoms. The monoisotopic (exact) mass is 233 g/mol. The Balaban J connectivity index is 1.59. The molecule has 0 bridgehead atoms. The molecule has 1 aliphatic heterocycles. The maximum atomic E-state index is 12.8. The lowest BCUT2D eigenvalue weighted by molar-refractivity contribution is 0.627. The van der Waals surface area contributed by atoms with Gasteiger partial charge in [-0.25, -0.2) is 4.39 Å². The maximum Gasteiger partial charge on any atom is 0.191 e. The van der Waals surface area contributed by atoms with Crippen molar-refractivity contribution >= 4 is 5.96 Å². The van der Waals surface area contributed by atoms with Crippen molar-refractivity contribution in [1.29, 1.82) is 0 Å². The Bertz CT molecular complexity index is 427. The summed E-state index contributed by atoms with van der Waals surface area (Å²) in [5.74, 6) is 1.25. The van der Waals surface area contributed by atoms with Gasteiger partial charge in [0.1, 0.15) is 5.82 Å². The van der Waals surface area contributed by atoms with E-state index in [0.717, 1.165) is 31.9 Å². The van der Waals surface area contributed by atoms with E-state index in [4.69, 9.17) is 0 Å². The molecule has 1 aromatic carbocycles. The van der Waals surface area contributed by atoms with Crippen LogP contribution in [0.4, 0.5) is 4.39 Å². The first-order valence-corrected chi connectivity index (χ1v) is 6.13.